The van der Waals surface area contributed by atoms with E-state index in [-0.39, 0.29) is 5.56 Å². The van der Waals surface area contributed by atoms with Crippen LogP contribution in [-0.2, 0) is 5.41 Å². The van der Waals surface area contributed by atoms with Gasteiger partial charge < -0.3 is 5.11 Å². The molecule has 0 amide bonds. The van der Waals surface area contributed by atoms with Gasteiger partial charge in [0.2, 0.25) is 0 Å². The summed E-state index contributed by atoms with van der Waals surface area (Å²) in [5.41, 5.74) is 0.703. The Balaban J connectivity index is 2.51. The molecule has 0 bridgehead atoms. The molecule has 1 unspecified atom stereocenters. The van der Waals surface area contributed by atoms with Crippen molar-refractivity contribution in [1.82, 2.24) is 0 Å². The van der Waals surface area contributed by atoms with Crippen molar-refractivity contribution < 1.29 is 13.9 Å². The molecule has 0 saturated carbocycles. The molecule has 0 aromatic heterocycles. The van der Waals surface area contributed by atoms with E-state index in [0.29, 0.717) is 12.8 Å². The van der Waals surface area contributed by atoms with Crippen molar-refractivity contribution in [2.75, 3.05) is 0 Å². The quantitative estimate of drug-likeness (QED) is 0.842. The molecule has 1 N–H and O–H groups in total. The van der Waals surface area contributed by atoms with Crippen LogP contribution >= 0.6 is 0 Å². The Kier molecular flexibility index (Phi) is 4.73. The Morgan fingerprint density at radius 2 is 1.48 bits per heavy atom. The maximum absolute atomic E-state index is 13.4. The summed E-state index contributed by atoms with van der Waals surface area (Å²) in [6.45, 7) is 3.96. The Bertz CT molecular complexity index is 571. The van der Waals surface area contributed by atoms with Crippen molar-refractivity contribution >= 4 is 0 Å². The standard InChI is InChI=1S/C18H20F2O/c1-3-18(4-2,14-8-6-5-7-9-14)17(21)13-10-15(19)12-16(20)11-13/h5-12,17,21H,3-4H2,1-2H3. The van der Waals surface area contributed by atoms with Crippen molar-refractivity contribution in [3.8, 4) is 0 Å². The van der Waals surface area contributed by atoms with E-state index in [9.17, 15) is 13.9 Å². The van der Waals surface area contributed by atoms with E-state index in [1.165, 1.54) is 12.1 Å². The zero-order valence-corrected chi connectivity index (χ0v) is 12.3. The van der Waals surface area contributed by atoms with Crippen LogP contribution in [0.25, 0.3) is 0 Å². The van der Waals surface area contributed by atoms with Gasteiger partial charge in [-0.3, -0.25) is 0 Å². The first kappa shape index (κ1) is 15.6. The molecule has 0 fully saturated rings. The third-order valence-corrected chi connectivity index (χ3v) is 4.33. The second-order valence-electron chi connectivity index (χ2n) is 5.33. The fourth-order valence-corrected chi connectivity index (χ4v) is 3.02. The van der Waals surface area contributed by atoms with Crippen LogP contribution in [0.4, 0.5) is 8.78 Å². The number of rotatable bonds is 5. The van der Waals surface area contributed by atoms with E-state index in [1.807, 2.05) is 44.2 Å². The SMILES string of the molecule is CCC(CC)(c1ccccc1)C(O)c1cc(F)cc(F)c1. The van der Waals surface area contributed by atoms with Crippen LogP contribution < -0.4 is 0 Å². The molecular weight excluding hydrogens is 270 g/mol. The molecule has 0 heterocycles. The maximum Gasteiger partial charge on any atom is 0.126 e. The van der Waals surface area contributed by atoms with Gasteiger partial charge in [-0.25, -0.2) is 8.78 Å². The lowest BCUT2D eigenvalue weighted by molar-refractivity contribution is 0.0722. The number of halogens is 2. The molecule has 1 atom stereocenters. The summed E-state index contributed by atoms with van der Waals surface area (Å²) in [6.07, 6.45) is 0.389. The lowest BCUT2D eigenvalue weighted by Gasteiger charge is -2.37. The summed E-state index contributed by atoms with van der Waals surface area (Å²) >= 11 is 0. The van der Waals surface area contributed by atoms with E-state index in [2.05, 4.69) is 0 Å². The highest BCUT2D eigenvalue weighted by Gasteiger charge is 2.37. The van der Waals surface area contributed by atoms with E-state index in [0.717, 1.165) is 11.6 Å². The summed E-state index contributed by atoms with van der Waals surface area (Å²) in [6, 6.07) is 12.9. The number of benzene rings is 2. The van der Waals surface area contributed by atoms with Crippen LogP contribution in [0.3, 0.4) is 0 Å². The molecule has 0 aliphatic carbocycles. The molecular formula is C18H20F2O. The third-order valence-electron chi connectivity index (χ3n) is 4.33. The van der Waals surface area contributed by atoms with Gasteiger partial charge in [0.1, 0.15) is 11.6 Å². The van der Waals surface area contributed by atoms with E-state index in [1.54, 1.807) is 0 Å². The highest BCUT2D eigenvalue weighted by atomic mass is 19.1. The van der Waals surface area contributed by atoms with Crippen LogP contribution in [0.2, 0.25) is 0 Å². The van der Waals surface area contributed by atoms with Gasteiger partial charge in [-0.1, -0.05) is 44.2 Å². The maximum atomic E-state index is 13.4. The second-order valence-corrected chi connectivity index (χ2v) is 5.33. The lowest BCUT2D eigenvalue weighted by atomic mass is 9.69. The molecule has 21 heavy (non-hydrogen) atoms. The fraction of sp³-hybridized carbons (Fsp3) is 0.333. The van der Waals surface area contributed by atoms with Crippen molar-refractivity contribution in [3.63, 3.8) is 0 Å². The Labute approximate surface area is 124 Å². The minimum absolute atomic E-state index is 0.278. The molecule has 0 radical (unpaired) electrons. The molecule has 112 valence electrons. The topological polar surface area (TPSA) is 20.2 Å². The largest absolute Gasteiger partial charge is 0.387 e. The number of hydrogen-bond donors (Lipinski definition) is 1. The van der Waals surface area contributed by atoms with Gasteiger partial charge in [0.15, 0.2) is 0 Å². The summed E-state index contributed by atoms with van der Waals surface area (Å²) in [4.78, 5) is 0. The molecule has 1 nitrogen and oxygen atoms in total. The first-order valence-corrected chi connectivity index (χ1v) is 7.23. The predicted octanol–water partition coefficient (Wildman–Crippen LogP) is 4.76. The van der Waals surface area contributed by atoms with Crippen LogP contribution in [0.1, 0.15) is 43.9 Å². The zero-order valence-electron chi connectivity index (χ0n) is 12.3. The molecule has 2 rings (SSSR count). The molecule has 0 saturated heterocycles. The van der Waals surface area contributed by atoms with Gasteiger partial charge >= 0.3 is 0 Å². The van der Waals surface area contributed by atoms with Crippen molar-refractivity contribution in [1.29, 1.82) is 0 Å². The Hall–Kier alpha value is -1.74. The first-order chi connectivity index (χ1) is 10.0. The smallest absolute Gasteiger partial charge is 0.126 e. The molecule has 0 aliphatic rings. The Morgan fingerprint density at radius 3 is 1.95 bits per heavy atom. The Morgan fingerprint density at radius 1 is 0.952 bits per heavy atom. The fourth-order valence-electron chi connectivity index (χ4n) is 3.02. The lowest BCUT2D eigenvalue weighted by Crippen LogP contribution is -2.32. The second kappa shape index (κ2) is 6.35. The van der Waals surface area contributed by atoms with Crippen LogP contribution in [0, 0.1) is 11.6 Å². The minimum Gasteiger partial charge on any atom is -0.387 e. The van der Waals surface area contributed by atoms with Crippen molar-refractivity contribution in [2.45, 2.75) is 38.2 Å². The van der Waals surface area contributed by atoms with E-state index in [4.69, 9.17) is 0 Å². The van der Waals surface area contributed by atoms with Gasteiger partial charge in [0.25, 0.3) is 0 Å². The average molecular weight is 290 g/mol. The van der Waals surface area contributed by atoms with E-state index >= 15 is 0 Å². The van der Waals surface area contributed by atoms with Crippen LogP contribution in [0.5, 0.6) is 0 Å². The molecule has 0 spiro atoms. The van der Waals surface area contributed by atoms with Gasteiger partial charge in [0.05, 0.1) is 6.10 Å². The van der Waals surface area contributed by atoms with Crippen molar-refractivity contribution in [3.05, 3.63) is 71.3 Å². The number of aliphatic hydroxyl groups excluding tert-OH is 1. The summed E-state index contributed by atoms with van der Waals surface area (Å²) in [7, 11) is 0. The van der Waals surface area contributed by atoms with Crippen LogP contribution in [-0.4, -0.2) is 5.11 Å². The predicted molar refractivity (Wildman–Crippen MR) is 80.0 cm³/mol. The highest BCUT2D eigenvalue weighted by Crippen LogP contribution is 2.43. The van der Waals surface area contributed by atoms with Gasteiger partial charge in [-0.05, 0) is 36.1 Å². The zero-order chi connectivity index (χ0) is 15.5. The van der Waals surface area contributed by atoms with Crippen molar-refractivity contribution in [2.24, 2.45) is 0 Å². The molecule has 2 aromatic carbocycles. The molecule has 3 heteroatoms. The monoisotopic (exact) mass is 290 g/mol. The van der Waals surface area contributed by atoms with Crippen LogP contribution in [0.15, 0.2) is 48.5 Å². The van der Waals surface area contributed by atoms with E-state index < -0.39 is 23.2 Å². The average Bonchev–Trinajstić information content (AvgIpc) is 2.49. The van der Waals surface area contributed by atoms with Gasteiger partial charge in [0, 0.05) is 11.5 Å². The number of aliphatic hydroxyl groups is 1. The highest BCUT2D eigenvalue weighted by molar-refractivity contribution is 5.32. The van der Waals surface area contributed by atoms with Gasteiger partial charge in [-0.15, -0.1) is 0 Å². The summed E-state index contributed by atoms with van der Waals surface area (Å²) in [5.74, 6) is -1.34. The molecule has 2 aromatic rings. The number of hydrogen-bond acceptors (Lipinski definition) is 1. The summed E-state index contributed by atoms with van der Waals surface area (Å²) < 4.78 is 26.9. The normalized spacial score (nSPS) is 13.2. The first-order valence-electron chi connectivity index (χ1n) is 7.23. The van der Waals surface area contributed by atoms with Gasteiger partial charge in [-0.2, -0.15) is 0 Å². The molecule has 0 aliphatic heterocycles. The minimum atomic E-state index is -0.958. The third kappa shape index (κ3) is 2.98. The summed E-state index contributed by atoms with van der Waals surface area (Å²) in [5, 5.41) is 10.8.